The molecule has 0 aromatic rings. The lowest BCUT2D eigenvalue weighted by Crippen LogP contribution is -2.44. The van der Waals surface area contributed by atoms with Gasteiger partial charge in [0.15, 0.2) is 0 Å². The molecule has 0 spiro atoms. The van der Waals surface area contributed by atoms with Gasteiger partial charge in [-0.15, -0.1) is 0 Å². The van der Waals surface area contributed by atoms with E-state index in [9.17, 15) is 4.79 Å². The van der Waals surface area contributed by atoms with Crippen LogP contribution < -0.4 is 5.73 Å². The molecule has 2 heterocycles. The van der Waals surface area contributed by atoms with Crippen LogP contribution in [0.1, 0.15) is 32.6 Å². The number of carbonyl (C=O) groups is 1. The Hall–Kier alpha value is -0.610. The minimum absolute atomic E-state index is 0.334. The van der Waals surface area contributed by atoms with Crippen LogP contribution in [0.25, 0.3) is 0 Å². The molecule has 1 saturated carbocycles. The van der Waals surface area contributed by atoms with Crippen molar-refractivity contribution < 1.29 is 4.79 Å². The van der Waals surface area contributed by atoms with Crippen LogP contribution >= 0.6 is 0 Å². The van der Waals surface area contributed by atoms with Crippen LogP contribution in [0.2, 0.25) is 0 Å². The van der Waals surface area contributed by atoms with E-state index in [4.69, 9.17) is 5.73 Å². The Balaban J connectivity index is 1.48. The quantitative estimate of drug-likeness (QED) is 0.807. The van der Waals surface area contributed by atoms with Crippen LogP contribution in [0.15, 0.2) is 0 Å². The Kier molecular flexibility index (Phi) is 3.81. The zero-order chi connectivity index (χ0) is 13.4. The number of fused-ring (bicyclic) bond motifs is 1. The number of hydrogen-bond acceptors (Lipinski definition) is 3. The molecule has 3 rings (SSSR count). The molecule has 19 heavy (non-hydrogen) atoms. The number of rotatable bonds is 2. The molecular formula is C15H27N3O. The highest BCUT2D eigenvalue weighted by Crippen LogP contribution is 2.36. The number of carbonyl (C=O) groups excluding carboxylic acids is 1. The Morgan fingerprint density at radius 3 is 2.58 bits per heavy atom. The van der Waals surface area contributed by atoms with Gasteiger partial charge in [-0.25, -0.2) is 0 Å². The minimum Gasteiger partial charge on any atom is -0.342 e. The average Bonchev–Trinajstić information content (AvgIpc) is 2.93. The van der Waals surface area contributed by atoms with Crippen LogP contribution in [0, 0.1) is 17.8 Å². The number of hydrogen-bond donors (Lipinski definition) is 1. The minimum atomic E-state index is 0.334. The lowest BCUT2D eigenvalue weighted by atomic mass is 9.98. The first-order valence-corrected chi connectivity index (χ1v) is 7.89. The van der Waals surface area contributed by atoms with Crippen molar-refractivity contribution in [1.82, 2.24) is 9.80 Å². The maximum atomic E-state index is 12.3. The Labute approximate surface area is 116 Å². The predicted molar refractivity (Wildman–Crippen MR) is 75.6 cm³/mol. The zero-order valence-corrected chi connectivity index (χ0v) is 12.1. The van der Waals surface area contributed by atoms with Crippen molar-refractivity contribution in [2.45, 2.75) is 38.6 Å². The predicted octanol–water partition coefficient (Wildman–Crippen LogP) is 0.914. The van der Waals surface area contributed by atoms with Crippen molar-refractivity contribution in [3.05, 3.63) is 0 Å². The second kappa shape index (κ2) is 5.41. The van der Waals surface area contributed by atoms with Gasteiger partial charge in [0.25, 0.3) is 0 Å². The summed E-state index contributed by atoms with van der Waals surface area (Å²) in [6.45, 7) is 6.95. The van der Waals surface area contributed by atoms with Gasteiger partial charge in [0.05, 0.1) is 6.54 Å². The van der Waals surface area contributed by atoms with Gasteiger partial charge in [-0.3, -0.25) is 9.69 Å². The molecule has 3 atom stereocenters. The van der Waals surface area contributed by atoms with E-state index in [0.717, 1.165) is 38.0 Å². The van der Waals surface area contributed by atoms with E-state index in [1.54, 1.807) is 0 Å². The highest BCUT2D eigenvalue weighted by Gasteiger charge is 2.41. The second-order valence-corrected chi connectivity index (χ2v) is 6.92. The maximum absolute atomic E-state index is 12.3. The van der Waals surface area contributed by atoms with Crippen molar-refractivity contribution in [1.29, 1.82) is 0 Å². The van der Waals surface area contributed by atoms with Crippen LogP contribution in [-0.4, -0.2) is 54.5 Å². The van der Waals surface area contributed by atoms with Crippen molar-refractivity contribution in [3.63, 3.8) is 0 Å². The Morgan fingerprint density at radius 2 is 1.89 bits per heavy atom. The Bertz CT molecular complexity index is 338. The van der Waals surface area contributed by atoms with E-state index >= 15 is 0 Å². The normalized spacial score (nSPS) is 36.7. The molecule has 1 aliphatic carbocycles. The first kappa shape index (κ1) is 13.4. The van der Waals surface area contributed by atoms with E-state index in [1.807, 2.05) is 0 Å². The largest absolute Gasteiger partial charge is 0.342 e. The third-order valence-electron chi connectivity index (χ3n) is 5.48. The first-order chi connectivity index (χ1) is 9.13. The van der Waals surface area contributed by atoms with Crippen molar-refractivity contribution in [3.8, 4) is 0 Å². The maximum Gasteiger partial charge on any atom is 0.236 e. The van der Waals surface area contributed by atoms with Crippen LogP contribution in [0.5, 0.6) is 0 Å². The van der Waals surface area contributed by atoms with Gasteiger partial charge >= 0.3 is 0 Å². The lowest BCUT2D eigenvalue weighted by Gasteiger charge is -2.31. The highest BCUT2D eigenvalue weighted by molar-refractivity contribution is 5.78. The number of piperidine rings is 1. The standard InChI is InChI=1S/C15H27N3O/c1-11-4-6-18(7-5-11)15(19)10-17-8-12-2-3-14(16)13(12)9-17/h11-14H,2-10,16H2,1H3. The summed E-state index contributed by atoms with van der Waals surface area (Å²) in [5.41, 5.74) is 6.15. The summed E-state index contributed by atoms with van der Waals surface area (Å²) in [6.07, 6.45) is 4.78. The van der Waals surface area contributed by atoms with Crippen LogP contribution in [-0.2, 0) is 4.79 Å². The summed E-state index contributed by atoms with van der Waals surface area (Å²) in [5.74, 6) is 2.52. The number of nitrogens with zero attached hydrogens (tertiary/aromatic N) is 2. The number of nitrogens with two attached hydrogens (primary N) is 1. The average molecular weight is 265 g/mol. The highest BCUT2D eigenvalue weighted by atomic mass is 16.2. The summed E-state index contributed by atoms with van der Waals surface area (Å²) in [6, 6.07) is 0.376. The fourth-order valence-corrected chi connectivity index (χ4v) is 4.08. The summed E-state index contributed by atoms with van der Waals surface area (Å²) >= 11 is 0. The molecule has 0 radical (unpaired) electrons. The van der Waals surface area contributed by atoms with Gasteiger partial charge in [0.2, 0.25) is 5.91 Å². The monoisotopic (exact) mass is 265 g/mol. The van der Waals surface area contributed by atoms with Crippen molar-refractivity contribution in [2.24, 2.45) is 23.5 Å². The lowest BCUT2D eigenvalue weighted by molar-refractivity contribution is -0.133. The third kappa shape index (κ3) is 2.79. The smallest absolute Gasteiger partial charge is 0.236 e. The molecule has 3 aliphatic rings. The van der Waals surface area contributed by atoms with Gasteiger partial charge in [-0.1, -0.05) is 6.92 Å². The number of likely N-dealkylation sites (tertiary alicyclic amines) is 2. The molecule has 2 saturated heterocycles. The van der Waals surface area contributed by atoms with Crippen LogP contribution in [0.4, 0.5) is 0 Å². The fraction of sp³-hybridized carbons (Fsp3) is 0.933. The number of amides is 1. The molecule has 0 bridgehead atoms. The van der Waals surface area contributed by atoms with E-state index in [2.05, 4.69) is 16.7 Å². The summed E-state index contributed by atoms with van der Waals surface area (Å²) in [7, 11) is 0. The molecule has 0 aromatic heterocycles. The topological polar surface area (TPSA) is 49.6 Å². The summed E-state index contributed by atoms with van der Waals surface area (Å²) in [5, 5.41) is 0. The van der Waals surface area contributed by atoms with Gasteiger partial charge in [-0.05, 0) is 43.4 Å². The van der Waals surface area contributed by atoms with E-state index < -0.39 is 0 Å². The van der Waals surface area contributed by atoms with Gasteiger partial charge in [0.1, 0.15) is 0 Å². The van der Waals surface area contributed by atoms with Crippen molar-refractivity contribution >= 4 is 5.91 Å². The summed E-state index contributed by atoms with van der Waals surface area (Å²) < 4.78 is 0. The molecule has 1 amide bonds. The van der Waals surface area contributed by atoms with E-state index in [-0.39, 0.29) is 0 Å². The summed E-state index contributed by atoms with van der Waals surface area (Å²) in [4.78, 5) is 16.7. The molecule has 108 valence electrons. The molecular weight excluding hydrogens is 238 g/mol. The fourth-order valence-electron chi connectivity index (χ4n) is 4.08. The zero-order valence-electron chi connectivity index (χ0n) is 12.1. The van der Waals surface area contributed by atoms with E-state index in [1.165, 1.54) is 25.7 Å². The van der Waals surface area contributed by atoms with Gasteiger partial charge < -0.3 is 10.6 Å². The second-order valence-electron chi connectivity index (χ2n) is 6.92. The molecule has 2 aliphatic heterocycles. The molecule has 2 N–H and O–H groups in total. The third-order valence-corrected chi connectivity index (χ3v) is 5.48. The molecule has 0 aromatic carbocycles. The molecule has 4 nitrogen and oxygen atoms in total. The molecule has 3 unspecified atom stereocenters. The molecule has 4 heteroatoms. The van der Waals surface area contributed by atoms with Gasteiger partial charge in [0, 0.05) is 32.2 Å². The van der Waals surface area contributed by atoms with Crippen molar-refractivity contribution in [2.75, 3.05) is 32.7 Å². The SMILES string of the molecule is CC1CCN(C(=O)CN2CC3CCC(N)C3C2)CC1. The van der Waals surface area contributed by atoms with Gasteiger partial charge in [-0.2, -0.15) is 0 Å². The van der Waals surface area contributed by atoms with Crippen LogP contribution in [0.3, 0.4) is 0 Å². The first-order valence-electron chi connectivity index (χ1n) is 7.89. The Morgan fingerprint density at radius 1 is 1.16 bits per heavy atom. The van der Waals surface area contributed by atoms with E-state index in [0.29, 0.717) is 24.4 Å². The molecule has 3 fully saturated rings.